The predicted octanol–water partition coefficient (Wildman–Crippen LogP) is -3.32. The van der Waals surface area contributed by atoms with Gasteiger partial charge in [-0.2, -0.15) is 0 Å². The van der Waals surface area contributed by atoms with Crippen LogP contribution in [0.4, 0.5) is 0 Å². The van der Waals surface area contributed by atoms with E-state index in [-0.39, 0.29) is 43.1 Å². The molecule has 9 fully saturated rings. The molecule has 26 nitrogen and oxygen atoms in total. The first-order valence-corrected chi connectivity index (χ1v) is 29.6. The molecule has 5 heterocycles. The van der Waals surface area contributed by atoms with Gasteiger partial charge in [-0.1, -0.05) is 60.1 Å². The molecule has 5 saturated heterocycles. The van der Waals surface area contributed by atoms with E-state index in [4.69, 9.17) is 47.4 Å². The molecule has 5 aliphatic heterocycles. The second-order valence-corrected chi connectivity index (χ2v) is 28.0. The van der Waals surface area contributed by atoms with Gasteiger partial charge in [0.25, 0.3) is 0 Å². The number of hydrogen-bond donors (Lipinski definition) is 15. The van der Waals surface area contributed by atoms with Gasteiger partial charge in [0.05, 0.1) is 50.8 Å². The van der Waals surface area contributed by atoms with E-state index in [0.29, 0.717) is 32.1 Å². The number of allylic oxidation sites excluding steroid dienone is 2. The van der Waals surface area contributed by atoms with Crippen molar-refractivity contribution in [3.8, 4) is 0 Å². The summed E-state index contributed by atoms with van der Waals surface area (Å²) in [6, 6.07) is 0. The number of ether oxygens (including phenoxy) is 10. The van der Waals surface area contributed by atoms with Crippen LogP contribution in [0.15, 0.2) is 11.6 Å². The quantitative estimate of drug-likeness (QED) is 0.0547. The summed E-state index contributed by atoms with van der Waals surface area (Å²) in [6.45, 7) is 14.6. The van der Waals surface area contributed by atoms with Crippen LogP contribution in [0.5, 0.6) is 0 Å². The largest absolute Gasteiger partial charge is 0.432 e. The van der Waals surface area contributed by atoms with Crippen molar-refractivity contribution >= 4 is 5.97 Å². The molecule has 15 N–H and O–H groups in total. The molecule has 0 aromatic rings. The van der Waals surface area contributed by atoms with Gasteiger partial charge >= 0.3 is 5.97 Å². The fraction of sp³-hybridized carbons (Fsp3) is 0.947. The summed E-state index contributed by atoms with van der Waals surface area (Å²) in [6.07, 6.45) is -32.3. The lowest BCUT2D eigenvalue weighted by Gasteiger charge is -2.72. The molecule has 0 aromatic carbocycles. The van der Waals surface area contributed by atoms with E-state index >= 15 is 4.79 Å². The fourth-order valence-electron chi connectivity index (χ4n) is 17.3. The Bertz CT molecular complexity index is 2330. The molecule has 0 bridgehead atoms. The monoisotopic (exact) mass is 1190 g/mol. The normalized spacial score (nSPS) is 55.1. The van der Waals surface area contributed by atoms with Crippen LogP contribution >= 0.6 is 0 Å². The molecule has 32 atom stereocenters. The molecular weight excluding hydrogens is 1100 g/mol. The van der Waals surface area contributed by atoms with Gasteiger partial charge in [0.2, 0.25) is 6.29 Å². The van der Waals surface area contributed by atoms with Crippen molar-refractivity contribution in [1.29, 1.82) is 0 Å². The molecule has 0 radical (unpaired) electrons. The molecule has 476 valence electrons. The Morgan fingerprint density at radius 1 is 0.554 bits per heavy atom. The maximum Gasteiger partial charge on any atom is 0.317 e. The maximum atomic E-state index is 15.4. The Balaban J connectivity index is 0.860. The van der Waals surface area contributed by atoms with Gasteiger partial charge in [-0.05, 0) is 103 Å². The highest BCUT2D eigenvalue weighted by Gasteiger charge is 2.73. The molecule has 83 heavy (non-hydrogen) atoms. The van der Waals surface area contributed by atoms with Crippen LogP contribution in [0.1, 0.15) is 107 Å². The van der Waals surface area contributed by atoms with Gasteiger partial charge in [0.1, 0.15) is 97.0 Å². The number of fused-ring (bicyclic) bond motifs is 7. The first kappa shape index (κ1) is 64.2. The Morgan fingerprint density at radius 3 is 1.78 bits per heavy atom. The average Bonchev–Trinajstić information content (AvgIpc) is 2.21. The van der Waals surface area contributed by atoms with Gasteiger partial charge in [0.15, 0.2) is 31.3 Å². The summed E-state index contributed by atoms with van der Waals surface area (Å²) in [5.41, 5.74) is -3.32. The van der Waals surface area contributed by atoms with Crippen LogP contribution in [0.2, 0.25) is 0 Å². The highest BCUT2D eigenvalue weighted by atomic mass is 16.8. The highest BCUT2D eigenvalue weighted by Crippen LogP contribution is 2.76. The van der Waals surface area contributed by atoms with E-state index in [0.717, 1.165) is 5.57 Å². The Hall–Kier alpha value is -1.75. The summed E-state index contributed by atoms with van der Waals surface area (Å²) in [7, 11) is 0. The number of carbonyl (C=O) groups excluding carboxylic acids is 1. The van der Waals surface area contributed by atoms with Gasteiger partial charge in [-0.3, -0.25) is 4.79 Å². The van der Waals surface area contributed by atoms with Gasteiger partial charge < -0.3 is 124 Å². The van der Waals surface area contributed by atoms with Crippen LogP contribution < -0.4 is 0 Å². The molecule has 26 heteroatoms. The lowest BCUT2D eigenvalue weighted by atomic mass is 9.33. The zero-order valence-electron chi connectivity index (χ0n) is 48.4. The molecule has 32 unspecified atom stereocenters. The van der Waals surface area contributed by atoms with E-state index in [9.17, 15) is 76.6 Å². The van der Waals surface area contributed by atoms with Crippen molar-refractivity contribution in [1.82, 2.24) is 0 Å². The van der Waals surface area contributed by atoms with Crippen LogP contribution in [-0.2, 0) is 52.2 Å². The van der Waals surface area contributed by atoms with E-state index in [1.807, 2.05) is 13.8 Å². The van der Waals surface area contributed by atoms with Crippen molar-refractivity contribution in [2.45, 2.75) is 260 Å². The van der Waals surface area contributed by atoms with E-state index in [1.54, 1.807) is 0 Å². The van der Waals surface area contributed by atoms with Gasteiger partial charge in [0, 0.05) is 0 Å². The lowest BCUT2D eigenvalue weighted by molar-refractivity contribution is -0.369. The van der Waals surface area contributed by atoms with Crippen molar-refractivity contribution in [3.63, 3.8) is 0 Å². The zero-order valence-corrected chi connectivity index (χ0v) is 48.4. The third-order valence-corrected chi connectivity index (χ3v) is 22.3. The minimum absolute atomic E-state index is 0.0661. The summed E-state index contributed by atoms with van der Waals surface area (Å²) >= 11 is 0. The summed E-state index contributed by atoms with van der Waals surface area (Å²) in [5.74, 6) is -1.51. The predicted molar refractivity (Wildman–Crippen MR) is 279 cm³/mol. The average molecular weight is 1190 g/mol. The topological polar surface area (TPSA) is 413 Å². The lowest BCUT2D eigenvalue weighted by Crippen LogP contribution is -2.70. The van der Waals surface area contributed by atoms with Crippen LogP contribution in [0.25, 0.3) is 0 Å². The molecule has 10 rings (SSSR count). The van der Waals surface area contributed by atoms with Crippen LogP contribution in [0.3, 0.4) is 0 Å². The van der Waals surface area contributed by atoms with Crippen molar-refractivity contribution < 1.29 is 129 Å². The molecule has 0 aromatic heterocycles. The number of rotatable bonds is 11. The molecule has 0 amide bonds. The minimum Gasteiger partial charge on any atom is -0.432 e. The number of hydrogen-bond acceptors (Lipinski definition) is 26. The third-order valence-electron chi connectivity index (χ3n) is 22.3. The van der Waals surface area contributed by atoms with Gasteiger partial charge in [-0.25, -0.2) is 0 Å². The van der Waals surface area contributed by atoms with Crippen molar-refractivity contribution in [3.05, 3.63) is 11.6 Å². The summed E-state index contributed by atoms with van der Waals surface area (Å²) in [4.78, 5) is 15.4. The van der Waals surface area contributed by atoms with Crippen molar-refractivity contribution in [2.75, 3.05) is 26.4 Å². The zero-order chi connectivity index (χ0) is 60.6. The van der Waals surface area contributed by atoms with Crippen molar-refractivity contribution in [2.24, 2.45) is 50.2 Å². The summed E-state index contributed by atoms with van der Waals surface area (Å²) in [5, 5.41) is 165. The first-order valence-electron chi connectivity index (χ1n) is 29.6. The highest BCUT2D eigenvalue weighted by molar-refractivity contribution is 5.80. The van der Waals surface area contributed by atoms with Crippen LogP contribution in [-0.4, -0.2) is 263 Å². The SMILES string of the molecule is CC1OC(OC2C(OC(=O)C34CCC(C)(C)CC3C3=CCC5C6(C)CC(O)C(OC7OC(COC8OCC(O)C(O)C8O)C(O)C(O)C7O)C(C)(C)C6CCC5(C)C3(C)CC4O)OCC(O)C2O)C(O)C(O)C1OC1OCC(O)C(O)C1O. The maximum absolute atomic E-state index is 15.4. The smallest absolute Gasteiger partial charge is 0.317 e. The second kappa shape index (κ2) is 23.2. The fourth-order valence-corrected chi connectivity index (χ4v) is 17.3. The van der Waals surface area contributed by atoms with E-state index in [1.165, 1.54) is 6.92 Å². The minimum atomic E-state index is -1.90. The number of carbonyl (C=O) groups is 1. The first-order chi connectivity index (χ1) is 38.7. The summed E-state index contributed by atoms with van der Waals surface area (Å²) < 4.78 is 58.7. The third kappa shape index (κ3) is 10.7. The van der Waals surface area contributed by atoms with Gasteiger partial charge in [-0.15, -0.1) is 0 Å². The van der Waals surface area contributed by atoms with Crippen LogP contribution in [0, 0.1) is 50.2 Å². The number of aliphatic hydroxyl groups excluding tert-OH is 15. The Labute approximate surface area is 482 Å². The Morgan fingerprint density at radius 2 is 1.12 bits per heavy atom. The molecule has 4 saturated carbocycles. The standard InChI is InChI=1S/C57H92O26/c1-22-43(80-47-40(70)34(64)27(60)19-75-47)38(68)42(72)48(78-22)81-44-35(65)28(61)20-76-50(44)83-51(73)57-14-13-52(2,3)15-24(57)23-9-10-31-54(6)16-25(58)45(53(4,5)30(54)11-12-55(31,7)56(23,8)17-32(57)62)82-49-41(71)37(67)36(66)29(79-49)21-77-46-39(69)33(63)26(59)18-74-46/h9,22,24-50,58-72H,10-21H2,1-8H3. The van der Waals surface area contributed by atoms with E-state index < -0.39 is 212 Å². The molecular formula is C57H92O26. The molecule has 5 aliphatic carbocycles. The Kier molecular flexibility index (Phi) is 18.0. The van der Waals surface area contributed by atoms with E-state index in [2.05, 4.69) is 40.7 Å². The number of esters is 1. The number of aliphatic hydroxyl groups is 15. The molecule has 0 spiro atoms. The second-order valence-electron chi connectivity index (χ2n) is 28.0. The molecule has 10 aliphatic rings.